The summed E-state index contributed by atoms with van der Waals surface area (Å²) in [6.45, 7) is 6.99. The predicted molar refractivity (Wildman–Crippen MR) is 109 cm³/mol. The van der Waals surface area contributed by atoms with Crippen molar-refractivity contribution in [2.24, 2.45) is 22.4 Å². The number of ketones is 1. The van der Waals surface area contributed by atoms with Gasteiger partial charge in [0.15, 0.2) is 5.78 Å². The van der Waals surface area contributed by atoms with E-state index in [9.17, 15) is 24.5 Å². The highest BCUT2D eigenvalue weighted by molar-refractivity contribution is 6.24. The van der Waals surface area contributed by atoms with Crippen molar-refractivity contribution in [3.8, 4) is 0 Å². The number of anilines is 1. The summed E-state index contributed by atoms with van der Waals surface area (Å²) in [4.78, 5) is 51.8. The Kier molecular flexibility index (Phi) is 4.37. The molecule has 2 saturated heterocycles. The molecule has 3 heterocycles. The largest absolute Gasteiger partial charge is 0.297 e. The van der Waals surface area contributed by atoms with E-state index in [0.29, 0.717) is 5.56 Å². The second-order valence-corrected chi connectivity index (χ2v) is 8.87. The molecule has 2 fully saturated rings. The van der Waals surface area contributed by atoms with E-state index in [0.717, 1.165) is 4.90 Å². The number of allylic oxidation sites excluding steroid dienone is 1. The summed E-state index contributed by atoms with van der Waals surface area (Å²) >= 11 is 0. The van der Waals surface area contributed by atoms with Crippen molar-refractivity contribution in [2.45, 2.75) is 39.8 Å². The molecule has 156 valence electrons. The zero-order valence-electron chi connectivity index (χ0n) is 17.1. The summed E-state index contributed by atoms with van der Waals surface area (Å²) < 4.78 is 0. The lowest BCUT2D eigenvalue weighted by atomic mass is 9.80. The van der Waals surface area contributed by atoms with Crippen LogP contribution < -0.4 is 4.90 Å². The van der Waals surface area contributed by atoms with Crippen LogP contribution in [-0.4, -0.2) is 45.8 Å². The standard InChI is InChI=1S/C21H22N4O5/c1-11-7-8-12(25(29)30)10-14(11)23-19(27)15-13-6-5-9-22-24(13)17(16(15)20(23)28)18(26)21(2,3)4/h5-10,13,15-17H,1-4H3/t13-,15-,16-,17-/m0/s1. The number of benzene rings is 1. The van der Waals surface area contributed by atoms with Gasteiger partial charge in [-0.25, -0.2) is 4.90 Å². The Hall–Kier alpha value is -3.36. The molecule has 9 nitrogen and oxygen atoms in total. The van der Waals surface area contributed by atoms with Gasteiger partial charge in [-0.15, -0.1) is 0 Å². The molecule has 0 aliphatic carbocycles. The van der Waals surface area contributed by atoms with Gasteiger partial charge in [0.05, 0.1) is 28.5 Å². The number of nitro benzene ring substituents is 1. The zero-order chi connectivity index (χ0) is 22.0. The van der Waals surface area contributed by atoms with Crippen LogP contribution >= 0.6 is 0 Å². The molecule has 0 radical (unpaired) electrons. The number of hydrazone groups is 1. The highest BCUT2D eigenvalue weighted by Gasteiger charge is 2.65. The predicted octanol–water partition coefficient (Wildman–Crippen LogP) is 2.23. The summed E-state index contributed by atoms with van der Waals surface area (Å²) in [5.74, 6) is -2.83. The van der Waals surface area contributed by atoms with E-state index in [1.165, 1.54) is 24.4 Å². The quantitative estimate of drug-likeness (QED) is 0.429. The Morgan fingerprint density at radius 1 is 1.17 bits per heavy atom. The highest BCUT2D eigenvalue weighted by Crippen LogP contribution is 2.47. The van der Waals surface area contributed by atoms with Crippen molar-refractivity contribution in [3.63, 3.8) is 0 Å². The van der Waals surface area contributed by atoms with Gasteiger partial charge in [0.1, 0.15) is 6.04 Å². The van der Waals surface area contributed by atoms with Gasteiger partial charge >= 0.3 is 0 Å². The molecule has 4 rings (SSSR count). The molecule has 3 aliphatic rings. The topological polar surface area (TPSA) is 113 Å². The van der Waals surface area contributed by atoms with Crippen LogP contribution in [0.1, 0.15) is 26.3 Å². The molecule has 30 heavy (non-hydrogen) atoms. The van der Waals surface area contributed by atoms with Crippen LogP contribution in [0.25, 0.3) is 0 Å². The molecule has 2 amide bonds. The van der Waals surface area contributed by atoms with E-state index in [2.05, 4.69) is 5.10 Å². The fourth-order valence-electron chi connectivity index (χ4n) is 4.47. The Labute approximate surface area is 173 Å². The van der Waals surface area contributed by atoms with Gasteiger partial charge < -0.3 is 0 Å². The van der Waals surface area contributed by atoms with Crippen LogP contribution in [0.3, 0.4) is 0 Å². The molecule has 0 N–H and O–H groups in total. The second-order valence-electron chi connectivity index (χ2n) is 8.87. The lowest BCUT2D eigenvalue weighted by molar-refractivity contribution is -0.384. The number of hydrogen-bond donors (Lipinski definition) is 0. The molecule has 4 atom stereocenters. The smallest absolute Gasteiger partial charge is 0.271 e. The SMILES string of the molecule is Cc1ccc([N+](=O)[O-])cc1N1C(=O)[C@@H]2[C@H](C1=O)[C@@H](C(=O)C(C)(C)C)N1N=CC=C[C@@H]21. The first-order valence-corrected chi connectivity index (χ1v) is 9.70. The number of fused-ring (bicyclic) bond motifs is 3. The number of imide groups is 1. The third kappa shape index (κ3) is 2.76. The van der Waals surface area contributed by atoms with E-state index in [1.54, 1.807) is 44.9 Å². The van der Waals surface area contributed by atoms with E-state index in [4.69, 9.17) is 0 Å². The molecule has 0 aromatic heterocycles. The number of carbonyl (C=O) groups excluding carboxylic acids is 3. The molecule has 0 unspecified atom stereocenters. The maximum Gasteiger partial charge on any atom is 0.271 e. The first-order valence-electron chi connectivity index (χ1n) is 9.70. The van der Waals surface area contributed by atoms with E-state index >= 15 is 0 Å². The Bertz CT molecular complexity index is 1040. The first kappa shape index (κ1) is 19.9. The minimum atomic E-state index is -0.896. The van der Waals surface area contributed by atoms with E-state index in [1.807, 2.05) is 0 Å². The van der Waals surface area contributed by atoms with Crippen LogP contribution in [0.5, 0.6) is 0 Å². The Morgan fingerprint density at radius 3 is 2.47 bits per heavy atom. The fourth-order valence-corrected chi connectivity index (χ4v) is 4.47. The van der Waals surface area contributed by atoms with Gasteiger partial charge in [0.2, 0.25) is 11.8 Å². The van der Waals surface area contributed by atoms with Gasteiger partial charge in [0.25, 0.3) is 5.69 Å². The van der Waals surface area contributed by atoms with Crippen molar-refractivity contribution < 1.29 is 19.3 Å². The Morgan fingerprint density at radius 2 is 1.83 bits per heavy atom. The summed E-state index contributed by atoms with van der Waals surface area (Å²) in [7, 11) is 0. The van der Waals surface area contributed by atoms with Crippen LogP contribution in [0.15, 0.2) is 35.5 Å². The number of non-ortho nitro benzene ring substituents is 1. The van der Waals surface area contributed by atoms with Crippen molar-refractivity contribution in [3.05, 3.63) is 46.0 Å². The zero-order valence-corrected chi connectivity index (χ0v) is 17.1. The van der Waals surface area contributed by atoms with Crippen molar-refractivity contribution in [1.29, 1.82) is 0 Å². The summed E-state index contributed by atoms with van der Waals surface area (Å²) in [6, 6.07) is 2.69. The van der Waals surface area contributed by atoms with Gasteiger partial charge in [-0.3, -0.25) is 29.5 Å². The van der Waals surface area contributed by atoms with Crippen LogP contribution in [0.4, 0.5) is 11.4 Å². The molecular formula is C21H22N4O5. The second kappa shape index (κ2) is 6.58. The van der Waals surface area contributed by atoms with Crippen molar-refractivity contribution in [2.75, 3.05) is 4.90 Å². The molecule has 3 aliphatic heterocycles. The fraction of sp³-hybridized carbons (Fsp3) is 0.429. The average Bonchev–Trinajstić information content (AvgIpc) is 3.14. The molecular weight excluding hydrogens is 388 g/mol. The number of hydrogen-bond acceptors (Lipinski definition) is 7. The normalized spacial score (nSPS) is 27.5. The molecule has 1 aromatic rings. The number of nitrogens with zero attached hydrogens (tertiary/aromatic N) is 4. The van der Waals surface area contributed by atoms with Gasteiger partial charge in [-0.05, 0) is 18.6 Å². The lowest BCUT2D eigenvalue weighted by Crippen LogP contribution is -2.49. The lowest BCUT2D eigenvalue weighted by Gasteiger charge is -2.33. The number of rotatable bonds is 3. The van der Waals surface area contributed by atoms with Crippen molar-refractivity contribution >= 4 is 35.2 Å². The molecule has 0 bridgehead atoms. The van der Waals surface area contributed by atoms with Gasteiger partial charge in [0, 0.05) is 23.8 Å². The molecule has 0 saturated carbocycles. The number of amides is 2. The third-order valence-corrected chi connectivity index (χ3v) is 5.94. The minimum absolute atomic E-state index is 0.175. The summed E-state index contributed by atoms with van der Waals surface area (Å²) in [5.41, 5.74) is -0.196. The maximum absolute atomic E-state index is 13.5. The molecule has 1 aromatic carbocycles. The highest BCUT2D eigenvalue weighted by atomic mass is 16.6. The van der Waals surface area contributed by atoms with Crippen LogP contribution in [-0.2, 0) is 14.4 Å². The number of Topliss-reactive ketones (excluding diaryl/α,β-unsaturated/α-hetero) is 1. The Balaban J connectivity index is 1.82. The minimum Gasteiger partial charge on any atom is -0.297 e. The number of aryl methyl sites for hydroxylation is 1. The maximum atomic E-state index is 13.5. The first-order chi connectivity index (χ1) is 14.0. The van der Waals surface area contributed by atoms with E-state index in [-0.39, 0.29) is 17.2 Å². The van der Waals surface area contributed by atoms with Crippen LogP contribution in [0.2, 0.25) is 0 Å². The van der Waals surface area contributed by atoms with Crippen molar-refractivity contribution in [1.82, 2.24) is 5.01 Å². The van der Waals surface area contributed by atoms with E-state index < -0.39 is 46.1 Å². The third-order valence-electron chi connectivity index (χ3n) is 5.94. The monoisotopic (exact) mass is 410 g/mol. The summed E-state index contributed by atoms with van der Waals surface area (Å²) in [6.07, 6.45) is 5.01. The molecule has 9 heteroatoms. The van der Waals surface area contributed by atoms with Crippen LogP contribution in [0, 0.1) is 34.3 Å². The van der Waals surface area contributed by atoms with Gasteiger partial charge in [-0.1, -0.05) is 32.9 Å². The molecule has 0 spiro atoms. The number of carbonyl (C=O) groups is 3. The number of nitro groups is 1. The van der Waals surface area contributed by atoms with Gasteiger partial charge in [-0.2, -0.15) is 5.10 Å². The summed E-state index contributed by atoms with van der Waals surface area (Å²) in [5, 5.41) is 17.1. The average molecular weight is 410 g/mol.